The number of anilines is 1. The number of hydrogen-bond acceptors (Lipinski definition) is 4. The van der Waals surface area contributed by atoms with E-state index in [1.807, 2.05) is 19.9 Å². The topological polar surface area (TPSA) is 32.3 Å². The van der Waals surface area contributed by atoms with Crippen molar-refractivity contribution >= 4 is 30.8 Å². The Kier molecular flexibility index (Phi) is 7.52. The van der Waals surface area contributed by atoms with E-state index < -0.39 is 0 Å². The van der Waals surface area contributed by atoms with E-state index in [1.54, 1.807) is 0 Å². The average molecular weight is 293 g/mol. The molecule has 18 heavy (non-hydrogen) atoms. The molecule has 1 aliphatic rings. The molecule has 0 atom stereocenters. The smallest absolute Gasteiger partial charge is 0.225 e. The van der Waals surface area contributed by atoms with Crippen LogP contribution >= 0.6 is 24.8 Å². The van der Waals surface area contributed by atoms with Gasteiger partial charge in [-0.1, -0.05) is 6.92 Å². The first kappa shape index (κ1) is 17.4. The summed E-state index contributed by atoms with van der Waals surface area (Å²) in [5.74, 6) is 0.897. The van der Waals surface area contributed by atoms with Crippen LogP contribution in [0.5, 0.6) is 0 Å². The van der Waals surface area contributed by atoms with Gasteiger partial charge >= 0.3 is 0 Å². The fourth-order valence-corrected chi connectivity index (χ4v) is 2.11. The Morgan fingerprint density at radius 2 is 1.50 bits per heavy atom. The highest BCUT2D eigenvalue weighted by Crippen LogP contribution is 2.12. The van der Waals surface area contributed by atoms with Gasteiger partial charge in [-0.2, -0.15) is 0 Å². The maximum Gasteiger partial charge on any atom is 0.225 e. The molecule has 6 heteroatoms. The molecule has 4 nitrogen and oxygen atoms in total. The van der Waals surface area contributed by atoms with Gasteiger partial charge in [-0.3, -0.25) is 0 Å². The van der Waals surface area contributed by atoms with Crippen molar-refractivity contribution in [3.63, 3.8) is 0 Å². The minimum Gasteiger partial charge on any atom is -0.338 e. The van der Waals surface area contributed by atoms with Crippen molar-refractivity contribution in [3.05, 3.63) is 17.5 Å². The molecule has 0 unspecified atom stereocenters. The molecule has 2 heterocycles. The molecule has 0 aromatic carbocycles. The first-order valence-electron chi connectivity index (χ1n) is 5.98. The Bertz CT molecular complexity index is 345. The van der Waals surface area contributed by atoms with Crippen molar-refractivity contribution in [2.75, 3.05) is 37.6 Å². The summed E-state index contributed by atoms with van der Waals surface area (Å²) in [7, 11) is 0. The molecule has 0 radical (unpaired) electrons. The van der Waals surface area contributed by atoms with E-state index in [4.69, 9.17) is 0 Å². The van der Waals surface area contributed by atoms with E-state index in [9.17, 15) is 0 Å². The average Bonchev–Trinajstić information content (AvgIpc) is 2.28. The minimum atomic E-state index is 0. The van der Waals surface area contributed by atoms with E-state index in [-0.39, 0.29) is 24.8 Å². The molecule has 1 saturated heterocycles. The van der Waals surface area contributed by atoms with E-state index in [0.29, 0.717) is 0 Å². The van der Waals surface area contributed by atoms with Crippen LogP contribution in [-0.2, 0) is 0 Å². The fourth-order valence-electron chi connectivity index (χ4n) is 2.11. The van der Waals surface area contributed by atoms with E-state index in [1.165, 1.54) is 0 Å². The number of likely N-dealkylation sites (N-methyl/N-ethyl adjacent to an activating group) is 1. The van der Waals surface area contributed by atoms with Crippen molar-refractivity contribution in [2.24, 2.45) is 0 Å². The molecule has 1 aromatic rings. The van der Waals surface area contributed by atoms with Gasteiger partial charge < -0.3 is 9.80 Å². The Labute approximate surface area is 122 Å². The van der Waals surface area contributed by atoms with Gasteiger partial charge in [0.1, 0.15) is 0 Å². The highest BCUT2D eigenvalue weighted by atomic mass is 35.5. The van der Waals surface area contributed by atoms with Gasteiger partial charge in [-0.15, -0.1) is 24.8 Å². The van der Waals surface area contributed by atoms with Crippen molar-refractivity contribution in [2.45, 2.75) is 20.8 Å². The number of rotatable bonds is 2. The monoisotopic (exact) mass is 292 g/mol. The van der Waals surface area contributed by atoms with Crippen LogP contribution in [0.1, 0.15) is 18.3 Å². The number of aryl methyl sites for hydroxylation is 2. The fraction of sp³-hybridized carbons (Fsp3) is 0.667. The van der Waals surface area contributed by atoms with Gasteiger partial charge in [0.2, 0.25) is 5.95 Å². The van der Waals surface area contributed by atoms with E-state index >= 15 is 0 Å². The van der Waals surface area contributed by atoms with E-state index in [0.717, 1.165) is 50.1 Å². The zero-order chi connectivity index (χ0) is 11.5. The molecule has 0 amide bonds. The summed E-state index contributed by atoms with van der Waals surface area (Å²) < 4.78 is 0. The molecule has 1 aromatic heterocycles. The van der Waals surface area contributed by atoms with Crippen molar-refractivity contribution in [1.82, 2.24) is 14.9 Å². The second-order valence-corrected chi connectivity index (χ2v) is 4.37. The van der Waals surface area contributed by atoms with Crippen molar-refractivity contribution in [3.8, 4) is 0 Å². The van der Waals surface area contributed by atoms with Gasteiger partial charge in [0.25, 0.3) is 0 Å². The normalized spacial score (nSPS) is 15.8. The quantitative estimate of drug-likeness (QED) is 0.835. The zero-order valence-electron chi connectivity index (χ0n) is 11.2. The lowest BCUT2D eigenvalue weighted by molar-refractivity contribution is 0.270. The highest BCUT2D eigenvalue weighted by molar-refractivity contribution is 5.85. The van der Waals surface area contributed by atoms with Crippen LogP contribution < -0.4 is 4.90 Å². The highest BCUT2D eigenvalue weighted by Gasteiger charge is 2.17. The van der Waals surface area contributed by atoms with E-state index in [2.05, 4.69) is 26.7 Å². The van der Waals surface area contributed by atoms with Gasteiger partial charge in [-0.05, 0) is 26.5 Å². The lowest BCUT2D eigenvalue weighted by atomic mass is 10.3. The van der Waals surface area contributed by atoms with Crippen LogP contribution in [0.4, 0.5) is 5.95 Å². The molecule has 2 rings (SSSR count). The number of piperazine rings is 1. The molecule has 104 valence electrons. The maximum atomic E-state index is 4.50. The third kappa shape index (κ3) is 4.26. The zero-order valence-corrected chi connectivity index (χ0v) is 12.9. The van der Waals surface area contributed by atoms with Gasteiger partial charge in [0, 0.05) is 37.6 Å². The summed E-state index contributed by atoms with van der Waals surface area (Å²) >= 11 is 0. The molecule has 0 saturated carbocycles. The molecular formula is C12H22Cl2N4. The predicted molar refractivity (Wildman–Crippen MR) is 80.3 cm³/mol. The van der Waals surface area contributed by atoms with Crippen molar-refractivity contribution < 1.29 is 0 Å². The molecule has 1 fully saturated rings. The molecule has 1 aliphatic heterocycles. The molecule has 0 bridgehead atoms. The molecular weight excluding hydrogens is 271 g/mol. The molecule has 0 spiro atoms. The summed E-state index contributed by atoms with van der Waals surface area (Å²) in [6, 6.07) is 2.02. The number of aromatic nitrogens is 2. The number of nitrogens with zero attached hydrogens (tertiary/aromatic N) is 4. The summed E-state index contributed by atoms with van der Waals surface area (Å²) in [6.45, 7) is 11.7. The van der Waals surface area contributed by atoms with Crippen LogP contribution in [0.3, 0.4) is 0 Å². The minimum absolute atomic E-state index is 0. The Morgan fingerprint density at radius 3 is 1.94 bits per heavy atom. The lowest BCUT2D eigenvalue weighted by Crippen LogP contribution is -2.46. The SMILES string of the molecule is CCN1CCN(c2nc(C)cc(C)n2)CC1.Cl.Cl. The first-order chi connectivity index (χ1) is 7.69. The third-order valence-corrected chi connectivity index (χ3v) is 3.07. The van der Waals surface area contributed by atoms with Crippen LogP contribution in [0.2, 0.25) is 0 Å². The second kappa shape index (κ2) is 7.77. The van der Waals surface area contributed by atoms with Gasteiger partial charge in [-0.25, -0.2) is 9.97 Å². The molecule has 0 aliphatic carbocycles. The van der Waals surface area contributed by atoms with Crippen LogP contribution in [0.25, 0.3) is 0 Å². The Hall–Kier alpha value is -0.580. The van der Waals surface area contributed by atoms with Crippen LogP contribution in [0.15, 0.2) is 6.07 Å². The lowest BCUT2D eigenvalue weighted by Gasteiger charge is -2.34. The third-order valence-electron chi connectivity index (χ3n) is 3.07. The largest absolute Gasteiger partial charge is 0.338 e. The maximum absolute atomic E-state index is 4.50. The standard InChI is InChI=1S/C12H20N4.2ClH/c1-4-15-5-7-16(8-6-15)12-13-10(2)9-11(3)14-12;;/h9H,4-8H2,1-3H3;2*1H. The van der Waals surface area contributed by atoms with Gasteiger partial charge in [0.15, 0.2) is 0 Å². The summed E-state index contributed by atoms with van der Waals surface area (Å²) in [5, 5.41) is 0. The predicted octanol–water partition coefficient (Wildman–Crippen LogP) is 2.08. The van der Waals surface area contributed by atoms with Crippen LogP contribution in [-0.4, -0.2) is 47.6 Å². The summed E-state index contributed by atoms with van der Waals surface area (Å²) in [5.41, 5.74) is 2.11. The second-order valence-electron chi connectivity index (χ2n) is 4.37. The van der Waals surface area contributed by atoms with Crippen LogP contribution in [0, 0.1) is 13.8 Å². The Morgan fingerprint density at radius 1 is 1.00 bits per heavy atom. The number of halogens is 2. The first-order valence-corrected chi connectivity index (χ1v) is 5.98. The number of hydrogen-bond donors (Lipinski definition) is 0. The van der Waals surface area contributed by atoms with Crippen molar-refractivity contribution in [1.29, 1.82) is 0 Å². The summed E-state index contributed by atoms with van der Waals surface area (Å²) in [6.07, 6.45) is 0. The molecule has 0 N–H and O–H groups in total. The summed E-state index contributed by atoms with van der Waals surface area (Å²) in [4.78, 5) is 13.8. The Balaban J connectivity index is 0.00000144. The van der Waals surface area contributed by atoms with Gasteiger partial charge in [0.05, 0.1) is 0 Å².